The van der Waals surface area contributed by atoms with E-state index in [0.29, 0.717) is 16.7 Å². The minimum absolute atomic E-state index is 0.285. The van der Waals surface area contributed by atoms with Gasteiger partial charge in [0.2, 0.25) is 5.91 Å². The van der Waals surface area contributed by atoms with E-state index in [1.54, 1.807) is 24.3 Å². The number of hydrogen-bond donors (Lipinski definition) is 2. The predicted octanol–water partition coefficient (Wildman–Crippen LogP) is 1.71. The zero-order chi connectivity index (χ0) is 26.2. The van der Waals surface area contributed by atoms with Crippen LogP contribution in [0.15, 0.2) is 42.5 Å². The number of carbonyl (C=O) groups excluding carboxylic acids is 3. The Kier molecular flexibility index (Phi) is 9.62. The second kappa shape index (κ2) is 12.7. The van der Waals surface area contributed by atoms with Crippen LogP contribution in [0.4, 0.5) is 0 Å². The number of nitrogens with zero attached hydrogens (tertiary/aromatic N) is 2. The van der Waals surface area contributed by atoms with Crippen LogP contribution in [0.2, 0.25) is 5.02 Å². The molecular formula is C27H30ClN3O5. The lowest BCUT2D eigenvalue weighted by Gasteiger charge is -2.38. The van der Waals surface area contributed by atoms with Crippen LogP contribution in [0.1, 0.15) is 34.0 Å². The SMILES string of the molecule is CCOC1CN(Cc2ccc(C#Cc3ccc(C(=O)N(C)C(C(=O)CO)C(=O)NC)cc3)cc2Cl)C1. The van der Waals surface area contributed by atoms with E-state index in [-0.39, 0.29) is 5.56 Å². The molecule has 36 heavy (non-hydrogen) atoms. The third-order valence-corrected chi connectivity index (χ3v) is 6.27. The maximum Gasteiger partial charge on any atom is 0.254 e. The van der Waals surface area contributed by atoms with E-state index in [1.807, 2.05) is 25.1 Å². The summed E-state index contributed by atoms with van der Waals surface area (Å²) in [6.45, 7) is 4.47. The van der Waals surface area contributed by atoms with Gasteiger partial charge in [0.1, 0.15) is 6.61 Å². The van der Waals surface area contributed by atoms with Crippen LogP contribution in [0, 0.1) is 11.8 Å². The molecule has 0 radical (unpaired) electrons. The molecular weight excluding hydrogens is 482 g/mol. The Bertz CT molecular complexity index is 1150. The van der Waals surface area contributed by atoms with Gasteiger partial charge >= 0.3 is 0 Å². The van der Waals surface area contributed by atoms with Crippen molar-refractivity contribution >= 4 is 29.2 Å². The van der Waals surface area contributed by atoms with Crippen LogP contribution in [0.5, 0.6) is 0 Å². The molecule has 1 saturated heterocycles. The molecule has 1 unspecified atom stereocenters. The second-order valence-corrected chi connectivity index (χ2v) is 8.87. The molecule has 8 nitrogen and oxygen atoms in total. The lowest BCUT2D eigenvalue weighted by atomic mass is 10.1. The fraction of sp³-hybridized carbons (Fsp3) is 0.370. The summed E-state index contributed by atoms with van der Waals surface area (Å²) in [6, 6.07) is 10.9. The number of nitrogens with one attached hydrogen (secondary N) is 1. The van der Waals surface area contributed by atoms with E-state index in [0.717, 1.165) is 42.3 Å². The summed E-state index contributed by atoms with van der Waals surface area (Å²) in [5.41, 5.74) is 2.79. The fourth-order valence-electron chi connectivity index (χ4n) is 3.91. The topological polar surface area (TPSA) is 99.2 Å². The van der Waals surface area contributed by atoms with E-state index in [9.17, 15) is 14.4 Å². The number of likely N-dealkylation sites (N-methyl/N-ethyl adjacent to an activating group) is 2. The van der Waals surface area contributed by atoms with Crippen LogP contribution < -0.4 is 5.32 Å². The van der Waals surface area contributed by atoms with Crippen LogP contribution in [-0.2, 0) is 20.9 Å². The second-order valence-electron chi connectivity index (χ2n) is 8.46. The monoisotopic (exact) mass is 511 g/mol. The minimum atomic E-state index is -1.41. The van der Waals surface area contributed by atoms with Gasteiger partial charge in [-0.05, 0) is 48.9 Å². The van der Waals surface area contributed by atoms with Gasteiger partial charge in [-0.1, -0.05) is 29.5 Å². The Morgan fingerprint density at radius 1 is 1.17 bits per heavy atom. The first kappa shape index (κ1) is 27.4. The van der Waals surface area contributed by atoms with E-state index >= 15 is 0 Å². The maximum absolute atomic E-state index is 12.8. The van der Waals surface area contributed by atoms with Gasteiger partial charge in [-0.3, -0.25) is 19.3 Å². The first-order valence-corrected chi connectivity index (χ1v) is 12.0. The summed E-state index contributed by atoms with van der Waals surface area (Å²) in [5.74, 6) is 4.17. The molecule has 0 aliphatic carbocycles. The molecule has 2 aromatic carbocycles. The number of amides is 2. The summed E-state index contributed by atoms with van der Waals surface area (Å²) in [4.78, 5) is 40.1. The molecule has 2 aromatic rings. The average Bonchev–Trinajstić information content (AvgIpc) is 2.86. The highest BCUT2D eigenvalue weighted by Crippen LogP contribution is 2.22. The van der Waals surface area contributed by atoms with Gasteiger partial charge in [-0.15, -0.1) is 0 Å². The molecule has 2 amide bonds. The first-order valence-electron chi connectivity index (χ1n) is 11.6. The van der Waals surface area contributed by atoms with Crippen LogP contribution >= 0.6 is 11.6 Å². The van der Waals surface area contributed by atoms with Crippen molar-refractivity contribution in [1.29, 1.82) is 0 Å². The summed E-state index contributed by atoms with van der Waals surface area (Å²) < 4.78 is 5.59. The summed E-state index contributed by atoms with van der Waals surface area (Å²) >= 11 is 6.47. The van der Waals surface area contributed by atoms with Crippen molar-refractivity contribution in [3.8, 4) is 11.8 Å². The molecule has 0 bridgehead atoms. The van der Waals surface area contributed by atoms with Crippen molar-refractivity contribution < 1.29 is 24.2 Å². The molecule has 9 heteroatoms. The van der Waals surface area contributed by atoms with Crippen LogP contribution in [-0.4, -0.2) is 85.0 Å². The first-order chi connectivity index (χ1) is 17.3. The van der Waals surface area contributed by atoms with Crippen molar-refractivity contribution in [3.05, 3.63) is 69.7 Å². The maximum atomic E-state index is 12.8. The largest absolute Gasteiger partial charge is 0.388 e. The number of aliphatic hydroxyl groups excluding tert-OH is 1. The zero-order valence-electron chi connectivity index (χ0n) is 20.6. The van der Waals surface area contributed by atoms with Crippen molar-refractivity contribution in [2.24, 2.45) is 0 Å². The molecule has 1 aliphatic rings. The Morgan fingerprint density at radius 2 is 1.81 bits per heavy atom. The third kappa shape index (κ3) is 6.71. The van der Waals surface area contributed by atoms with Crippen molar-refractivity contribution in [3.63, 3.8) is 0 Å². The molecule has 3 rings (SSSR count). The van der Waals surface area contributed by atoms with Gasteiger partial charge in [0.15, 0.2) is 11.8 Å². The third-order valence-electron chi connectivity index (χ3n) is 5.92. The fourth-order valence-corrected chi connectivity index (χ4v) is 4.15. The number of ether oxygens (including phenoxy) is 1. The van der Waals surface area contributed by atoms with E-state index in [4.69, 9.17) is 21.4 Å². The van der Waals surface area contributed by atoms with Gasteiger partial charge in [0.25, 0.3) is 5.91 Å². The number of halogens is 1. The van der Waals surface area contributed by atoms with Gasteiger partial charge in [0.05, 0.1) is 6.10 Å². The molecule has 0 saturated carbocycles. The smallest absolute Gasteiger partial charge is 0.254 e. The molecule has 1 aliphatic heterocycles. The number of benzene rings is 2. The van der Waals surface area contributed by atoms with E-state index < -0.39 is 30.2 Å². The number of Topliss-reactive ketones (excluding diaryl/α,β-unsaturated/α-hetero) is 1. The number of likely N-dealkylation sites (tertiary alicyclic amines) is 1. The van der Waals surface area contributed by atoms with Gasteiger partial charge in [-0.2, -0.15) is 0 Å². The zero-order valence-corrected chi connectivity index (χ0v) is 21.3. The Labute approximate surface area is 216 Å². The molecule has 0 spiro atoms. The lowest BCUT2D eigenvalue weighted by molar-refractivity contribution is -0.135. The number of aliphatic hydroxyl groups is 1. The average molecular weight is 512 g/mol. The Morgan fingerprint density at radius 3 is 2.39 bits per heavy atom. The molecule has 1 fully saturated rings. The molecule has 2 N–H and O–H groups in total. The normalized spacial score (nSPS) is 14.2. The Balaban J connectivity index is 1.64. The van der Waals surface area contributed by atoms with Crippen molar-refractivity contribution in [2.75, 3.05) is 40.4 Å². The van der Waals surface area contributed by atoms with Gasteiger partial charge in [-0.25, -0.2) is 0 Å². The number of hydrogen-bond acceptors (Lipinski definition) is 6. The van der Waals surface area contributed by atoms with Crippen molar-refractivity contribution in [2.45, 2.75) is 25.6 Å². The number of carbonyl (C=O) groups is 3. The van der Waals surface area contributed by atoms with Crippen molar-refractivity contribution in [1.82, 2.24) is 15.1 Å². The van der Waals surface area contributed by atoms with E-state index in [2.05, 4.69) is 22.1 Å². The molecule has 1 atom stereocenters. The van der Waals surface area contributed by atoms with E-state index in [1.165, 1.54) is 14.1 Å². The minimum Gasteiger partial charge on any atom is -0.388 e. The molecule has 1 heterocycles. The molecule has 0 aromatic heterocycles. The quantitative estimate of drug-likeness (QED) is 0.393. The number of rotatable bonds is 9. The highest BCUT2D eigenvalue weighted by Gasteiger charge is 2.32. The van der Waals surface area contributed by atoms with Crippen LogP contribution in [0.3, 0.4) is 0 Å². The Hall–Kier alpha value is -3.22. The van der Waals surface area contributed by atoms with Gasteiger partial charge in [0, 0.05) is 62.0 Å². The summed E-state index contributed by atoms with van der Waals surface area (Å²) in [6.07, 6.45) is 0.307. The summed E-state index contributed by atoms with van der Waals surface area (Å²) in [7, 11) is 2.70. The number of ketones is 1. The van der Waals surface area contributed by atoms with Gasteiger partial charge < -0.3 is 20.1 Å². The lowest BCUT2D eigenvalue weighted by Crippen LogP contribution is -2.52. The summed E-state index contributed by atoms with van der Waals surface area (Å²) in [5, 5.41) is 12.2. The highest BCUT2D eigenvalue weighted by molar-refractivity contribution is 6.31. The standard InChI is InChI=1S/C27H30ClN3O5/c1-4-36-22-15-31(16-22)14-21-12-9-19(13-23(21)28)6-5-18-7-10-20(11-8-18)27(35)30(3)25(24(33)17-32)26(34)29-2/h7-13,22,25,32H,4,14-17H2,1-3H3,(H,29,34). The predicted molar refractivity (Wildman–Crippen MR) is 137 cm³/mol. The molecule has 190 valence electrons. The highest BCUT2D eigenvalue weighted by atomic mass is 35.5. The van der Waals surface area contributed by atoms with Crippen LogP contribution in [0.25, 0.3) is 0 Å².